The molecule has 1 atom stereocenters. The predicted molar refractivity (Wildman–Crippen MR) is 53.6 cm³/mol. The first kappa shape index (κ1) is 11.8. The first-order valence-corrected chi connectivity index (χ1v) is 4.24. The van der Waals surface area contributed by atoms with Gasteiger partial charge in [0.2, 0.25) is 6.04 Å². The van der Waals surface area contributed by atoms with Crippen LogP contribution in [0.25, 0.3) is 0 Å². The fraction of sp³-hybridized carbons (Fsp3) is 0.222. The number of carbonyl (C=O) groups is 1. The second-order valence-corrected chi connectivity index (χ2v) is 2.88. The highest BCUT2D eigenvalue weighted by Gasteiger charge is 2.23. The van der Waals surface area contributed by atoms with Crippen molar-refractivity contribution >= 4 is 11.7 Å². The van der Waals surface area contributed by atoms with Gasteiger partial charge in [-0.05, 0) is 10.7 Å². The minimum atomic E-state index is -1.37. The van der Waals surface area contributed by atoms with Crippen LogP contribution in [0.15, 0.2) is 29.4 Å². The fourth-order valence-corrected chi connectivity index (χ4v) is 1.16. The lowest BCUT2D eigenvalue weighted by atomic mass is 10.1. The molecular weight excluding hydrogens is 216 g/mol. The number of hydrogen-bond acceptors (Lipinski definition) is 6. The van der Waals surface area contributed by atoms with E-state index < -0.39 is 16.9 Å². The van der Waals surface area contributed by atoms with Crippen LogP contribution >= 0.6 is 0 Å². The average Bonchev–Trinajstić information content (AvgIpc) is 2.30. The molecule has 0 amide bonds. The standard InChI is InChI=1S/C9H8N2O5/c1-16-9(12)8(10-13)6-3-2-4-7(5-6)11(14)15/h2-5,8H,1H3. The summed E-state index contributed by atoms with van der Waals surface area (Å²) >= 11 is 0. The van der Waals surface area contributed by atoms with Gasteiger partial charge in [0.15, 0.2) is 0 Å². The average molecular weight is 224 g/mol. The molecule has 0 aliphatic carbocycles. The van der Waals surface area contributed by atoms with Crippen molar-refractivity contribution in [3.63, 3.8) is 0 Å². The first-order valence-electron chi connectivity index (χ1n) is 4.24. The Bertz CT molecular complexity index is 432. The predicted octanol–water partition coefficient (Wildman–Crippen LogP) is 1.58. The number of nitro benzene ring substituents is 1. The number of ether oxygens (including phenoxy) is 1. The second-order valence-electron chi connectivity index (χ2n) is 2.88. The molecule has 0 heterocycles. The van der Waals surface area contributed by atoms with Gasteiger partial charge in [0, 0.05) is 12.1 Å². The maximum atomic E-state index is 11.1. The maximum Gasteiger partial charge on any atom is 0.338 e. The molecule has 1 unspecified atom stereocenters. The number of rotatable bonds is 4. The molecule has 0 spiro atoms. The van der Waals surface area contributed by atoms with Crippen molar-refractivity contribution in [2.24, 2.45) is 5.18 Å². The molecule has 84 valence electrons. The number of nitroso groups, excluding NO2 is 1. The molecule has 0 radical (unpaired) electrons. The molecule has 1 rings (SSSR count). The van der Waals surface area contributed by atoms with Gasteiger partial charge in [-0.1, -0.05) is 12.1 Å². The molecule has 0 fully saturated rings. The van der Waals surface area contributed by atoms with Gasteiger partial charge in [0.25, 0.3) is 5.69 Å². The lowest BCUT2D eigenvalue weighted by Crippen LogP contribution is -2.11. The van der Waals surface area contributed by atoms with E-state index in [4.69, 9.17) is 0 Å². The van der Waals surface area contributed by atoms with Crippen molar-refractivity contribution in [3.05, 3.63) is 44.9 Å². The van der Waals surface area contributed by atoms with Crippen molar-refractivity contribution in [2.45, 2.75) is 6.04 Å². The monoisotopic (exact) mass is 224 g/mol. The van der Waals surface area contributed by atoms with E-state index in [1.807, 2.05) is 0 Å². The van der Waals surface area contributed by atoms with Gasteiger partial charge in [-0.25, -0.2) is 4.79 Å². The third-order valence-electron chi connectivity index (χ3n) is 1.93. The van der Waals surface area contributed by atoms with Gasteiger partial charge < -0.3 is 4.74 Å². The Morgan fingerprint density at radius 3 is 2.75 bits per heavy atom. The SMILES string of the molecule is COC(=O)C(N=O)c1cccc([N+](=O)[O-])c1. The van der Waals surface area contributed by atoms with Crippen LogP contribution in [0.3, 0.4) is 0 Å². The van der Waals surface area contributed by atoms with Gasteiger partial charge in [0.1, 0.15) is 0 Å². The highest BCUT2D eigenvalue weighted by atomic mass is 16.6. The van der Waals surface area contributed by atoms with Gasteiger partial charge in [-0.2, -0.15) is 0 Å². The van der Waals surface area contributed by atoms with Crippen LogP contribution in [0.4, 0.5) is 5.69 Å². The van der Waals surface area contributed by atoms with E-state index >= 15 is 0 Å². The molecule has 0 aliphatic heterocycles. The molecule has 0 bridgehead atoms. The number of methoxy groups -OCH3 is 1. The van der Waals surface area contributed by atoms with Crippen molar-refractivity contribution in [2.75, 3.05) is 7.11 Å². The minimum Gasteiger partial charge on any atom is -0.467 e. The van der Waals surface area contributed by atoms with E-state index in [0.29, 0.717) is 0 Å². The van der Waals surface area contributed by atoms with Crippen LogP contribution < -0.4 is 0 Å². The zero-order valence-corrected chi connectivity index (χ0v) is 8.32. The molecule has 0 saturated carbocycles. The van der Waals surface area contributed by atoms with Gasteiger partial charge in [-0.15, -0.1) is 4.91 Å². The highest BCUT2D eigenvalue weighted by Crippen LogP contribution is 2.22. The normalized spacial score (nSPS) is 11.6. The molecule has 0 aromatic heterocycles. The number of hydrogen-bond donors (Lipinski definition) is 0. The zero-order chi connectivity index (χ0) is 12.1. The zero-order valence-electron chi connectivity index (χ0n) is 8.32. The number of nitrogens with zero attached hydrogens (tertiary/aromatic N) is 2. The number of carbonyl (C=O) groups excluding carboxylic acids is 1. The number of nitro groups is 1. The summed E-state index contributed by atoms with van der Waals surface area (Å²) in [4.78, 5) is 31.5. The largest absolute Gasteiger partial charge is 0.467 e. The Morgan fingerprint density at radius 2 is 2.25 bits per heavy atom. The topological polar surface area (TPSA) is 98.9 Å². The molecule has 0 saturated heterocycles. The van der Waals surface area contributed by atoms with E-state index in [-0.39, 0.29) is 11.3 Å². The Hall–Kier alpha value is -2.31. The summed E-state index contributed by atoms with van der Waals surface area (Å²) in [7, 11) is 1.11. The Labute approximate surface area is 90.1 Å². The number of non-ortho nitro benzene ring substituents is 1. The van der Waals surface area contributed by atoms with Crippen LogP contribution in [-0.2, 0) is 9.53 Å². The van der Waals surface area contributed by atoms with E-state index in [9.17, 15) is 19.8 Å². The molecule has 16 heavy (non-hydrogen) atoms. The summed E-state index contributed by atoms with van der Waals surface area (Å²) in [5, 5.41) is 13.1. The molecule has 0 aliphatic rings. The molecule has 7 nitrogen and oxygen atoms in total. The third-order valence-corrected chi connectivity index (χ3v) is 1.93. The Balaban J connectivity index is 3.10. The van der Waals surface area contributed by atoms with Crippen molar-refractivity contribution < 1.29 is 14.5 Å². The van der Waals surface area contributed by atoms with Gasteiger partial charge in [-0.3, -0.25) is 10.1 Å². The smallest absolute Gasteiger partial charge is 0.338 e. The van der Waals surface area contributed by atoms with E-state index in [0.717, 1.165) is 13.2 Å². The van der Waals surface area contributed by atoms with E-state index in [1.165, 1.54) is 18.2 Å². The van der Waals surface area contributed by atoms with Crippen LogP contribution in [0.5, 0.6) is 0 Å². The molecule has 1 aromatic carbocycles. The van der Waals surface area contributed by atoms with E-state index in [2.05, 4.69) is 9.91 Å². The molecule has 1 aromatic rings. The first-order chi connectivity index (χ1) is 7.60. The summed E-state index contributed by atoms with van der Waals surface area (Å²) in [6.45, 7) is 0. The summed E-state index contributed by atoms with van der Waals surface area (Å²) < 4.78 is 4.36. The quantitative estimate of drug-likeness (QED) is 0.334. The third kappa shape index (κ3) is 2.38. The molecule has 0 N–H and O–H groups in total. The molecule has 7 heteroatoms. The Morgan fingerprint density at radius 1 is 1.56 bits per heavy atom. The van der Waals surface area contributed by atoms with Crippen LogP contribution in [-0.4, -0.2) is 18.0 Å². The maximum absolute atomic E-state index is 11.1. The summed E-state index contributed by atoms with van der Waals surface area (Å²) in [5.41, 5.74) is -0.0777. The lowest BCUT2D eigenvalue weighted by molar-refractivity contribution is -0.384. The summed E-state index contributed by atoms with van der Waals surface area (Å²) in [6, 6.07) is 3.76. The van der Waals surface area contributed by atoms with Crippen molar-refractivity contribution in [1.82, 2.24) is 0 Å². The minimum absolute atomic E-state index is 0.135. The van der Waals surface area contributed by atoms with Crippen LogP contribution in [0.1, 0.15) is 11.6 Å². The highest BCUT2D eigenvalue weighted by molar-refractivity contribution is 5.77. The van der Waals surface area contributed by atoms with Crippen LogP contribution in [0, 0.1) is 15.0 Å². The summed E-state index contributed by atoms with van der Waals surface area (Å²) in [5.74, 6) is -0.851. The molecular formula is C9H8N2O5. The number of esters is 1. The summed E-state index contributed by atoms with van der Waals surface area (Å²) in [6.07, 6.45) is 0. The van der Waals surface area contributed by atoms with Crippen LogP contribution in [0.2, 0.25) is 0 Å². The van der Waals surface area contributed by atoms with Gasteiger partial charge in [0.05, 0.1) is 12.0 Å². The lowest BCUT2D eigenvalue weighted by Gasteiger charge is -2.06. The van der Waals surface area contributed by atoms with Crippen molar-refractivity contribution in [1.29, 1.82) is 0 Å². The van der Waals surface area contributed by atoms with Gasteiger partial charge >= 0.3 is 5.97 Å². The second kappa shape index (κ2) is 4.96. The van der Waals surface area contributed by atoms with Crippen molar-refractivity contribution in [3.8, 4) is 0 Å². The van der Waals surface area contributed by atoms with E-state index in [1.54, 1.807) is 0 Å². The number of benzene rings is 1. The fourth-order valence-electron chi connectivity index (χ4n) is 1.16. The Kier molecular flexibility index (Phi) is 3.65.